The molecule has 2 saturated carbocycles. The van der Waals surface area contributed by atoms with E-state index < -0.39 is 5.97 Å². The molecule has 1 aromatic heterocycles. The Morgan fingerprint density at radius 1 is 1.28 bits per heavy atom. The molecule has 2 fully saturated rings. The van der Waals surface area contributed by atoms with Gasteiger partial charge in [0.1, 0.15) is 0 Å². The van der Waals surface area contributed by atoms with Crippen molar-refractivity contribution in [1.29, 1.82) is 0 Å². The zero-order valence-electron chi connectivity index (χ0n) is 16.8. The highest BCUT2D eigenvalue weighted by atomic mass is 16.4. The maximum absolute atomic E-state index is 12.7. The molecular weight excluding hydrogens is 370 g/mol. The Morgan fingerprint density at radius 3 is 2.69 bits per heavy atom. The van der Waals surface area contributed by atoms with Gasteiger partial charge in [-0.3, -0.25) is 14.5 Å². The van der Waals surface area contributed by atoms with Gasteiger partial charge in [-0.05, 0) is 63.1 Å². The number of carbonyl (C=O) groups is 2. The number of carboxylic acids is 1. The topological polar surface area (TPSA) is 100 Å². The number of carboxylic acid groups (broad SMARTS) is 1. The first-order valence-corrected chi connectivity index (χ1v) is 10.2. The van der Waals surface area contributed by atoms with Gasteiger partial charge in [0.2, 0.25) is 0 Å². The summed E-state index contributed by atoms with van der Waals surface area (Å²) in [7, 11) is 0. The van der Waals surface area contributed by atoms with Gasteiger partial charge in [0.15, 0.2) is 5.69 Å². The molecule has 2 aliphatic rings. The fourth-order valence-electron chi connectivity index (χ4n) is 3.95. The molecule has 0 aliphatic heterocycles. The van der Waals surface area contributed by atoms with Crippen LogP contribution in [-0.2, 0) is 4.79 Å². The van der Waals surface area contributed by atoms with Crippen molar-refractivity contribution in [3.63, 3.8) is 0 Å². The Bertz CT molecular complexity index is 915. The molecule has 8 nitrogen and oxygen atoms in total. The average Bonchev–Trinajstić information content (AvgIpc) is 3.36. The summed E-state index contributed by atoms with van der Waals surface area (Å²) in [5.41, 5.74) is 3.02. The highest BCUT2D eigenvalue weighted by Crippen LogP contribution is 2.33. The van der Waals surface area contributed by atoms with E-state index >= 15 is 0 Å². The van der Waals surface area contributed by atoms with Gasteiger partial charge in [-0.25, -0.2) is 4.68 Å². The van der Waals surface area contributed by atoms with Crippen molar-refractivity contribution >= 4 is 11.9 Å². The van der Waals surface area contributed by atoms with Crippen molar-refractivity contribution in [3.05, 3.63) is 41.2 Å². The zero-order chi connectivity index (χ0) is 20.5. The van der Waals surface area contributed by atoms with Gasteiger partial charge < -0.3 is 10.4 Å². The molecule has 0 spiro atoms. The standard InChI is InChI=1S/C21H27N5O3/c1-13-4-3-5-17(8-13)26-14(2)20(23-24-26)21(29)22-16-9-18(10-16)25(12-19(27)28)11-15-6-7-15/h3-5,8,15-16,18H,6-7,9-12H2,1-2H3,(H,22,29)(H,27,28). The summed E-state index contributed by atoms with van der Waals surface area (Å²) >= 11 is 0. The highest BCUT2D eigenvalue weighted by molar-refractivity contribution is 5.93. The lowest BCUT2D eigenvalue weighted by Gasteiger charge is -2.42. The minimum atomic E-state index is -0.790. The summed E-state index contributed by atoms with van der Waals surface area (Å²) < 4.78 is 1.68. The lowest BCUT2D eigenvalue weighted by molar-refractivity contribution is -0.139. The molecule has 1 heterocycles. The molecule has 2 N–H and O–H groups in total. The quantitative estimate of drug-likeness (QED) is 0.706. The lowest BCUT2D eigenvalue weighted by Crippen LogP contribution is -2.55. The predicted octanol–water partition coefficient (Wildman–Crippen LogP) is 1.94. The van der Waals surface area contributed by atoms with Crippen LogP contribution >= 0.6 is 0 Å². The van der Waals surface area contributed by atoms with Crippen LogP contribution in [0.5, 0.6) is 0 Å². The number of aliphatic carboxylic acids is 1. The molecule has 0 saturated heterocycles. The predicted molar refractivity (Wildman–Crippen MR) is 107 cm³/mol. The third-order valence-electron chi connectivity index (χ3n) is 5.85. The van der Waals surface area contributed by atoms with Gasteiger partial charge >= 0.3 is 5.97 Å². The van der Waals surface area contributed by atoms with Gasteiger partial charge in [0, 0.05) is 18.6 Å². The number of hydrogen-bond donors (Lipinski definition) is 2. The molecule has 29 heavy (non-hydrogen) atoms. The Balaban J connectivity index is 1.35. The Labute approximate surface area is 169 Å². The van der Waals surface area contributed by atoms with E-state index in [-0.39, 0.29) is 24.5 Å². The van der Waals surface area contributed by atoms with Gasteiger partial charge in [-0.1, -0.05) is 17.3 Å². The molecule has 1 amide bonds. The van der Waals surface area contributed by atoms with Crippen molar-refractivity contribution in [1.82, 2.24) is 25.2 Å². The molecule has 1 aromatic carbocycles. The van der Waals surface area contributed by atoms with Crippen LogP contribution in [0.1, 0.15) is 47.4 Å². The van der Waals surface area contributed by atoms with Crippen molar-refractivity contribution < 1.29 is 14.7 Å². The smallest absolute Gasteiger partial charge is 0.317 e. The Kier molecular flexibility index (Phi) is 5.36. The van der Waals surface area contributed by atoms with Crippen molar-refractivity contribution in [2.45, 2.75) is 51.6 Å². The number of aromatic nitrogens is 3. The summed E-state index contributed by atoms with van der Waals surface area (Å²) in [6.07, 6.45) is 3.94. The summed E-state index contributed by atoms with van der Waals surface area (Å²) in [5.74, 6) is -0.374. The minimum absolute atomic E-state index is 0.0477. The second-order valence-electron chi connectivity index (χ2n) is 8.34. The van der Waals surface area contributed by atoms with Gasteiger partial charge in [0.05, 0.1) is 17.9 Å². The first-order valence-electron chi connectivity index (χ1n) is 10.2. The summed E-state index contributed by atoms with van der Waals surface area (Å²) in [6.45, 7) is 4.77. The van der Waals surface area contributed by atoms with Gasteiger partial charge in [-0.2, -0.15) is 0 Å². The van der Waals surface area contributed by atoms with E-state index in [2.05, 4.69) is 20.5 Å². The molecule has 0 atom stereocenters. The molecule has 4 rings (SSSR count). The molecule has 0 unspecified atom stereocenters. The van der Waals surface area contributed by atoms with Gasteiger partial charge in [0.25, 0.3) is 5.91 Å². The average molecular weight is 397 g/mol. The van der Waals surface area contributed by atoms with E-state index in [9.17, 15) is 9.59 Å². The van der Waals surface area contributed by atoms with Crippen LogP contribution in [0.25, 0.3) is 5.69 Å². The SMILES string of the molecule is Cc1cccc(-n2nnc(C(=O)NC3CC(N(CC(=O)O)CC4CC4)C3)c2C)c1. The number of rotatable bonds is 8. The fraction of sp³-hybridized carbons (Fsp3) is 0.524. The molecule has 0 radical (unpaired) electrons. The van der Waals surface area contributed by atoms with Gasteiger partial charge in [-0.15, -0.1) is 5.10 Å². The van der Waals surface area contributed by atoms with E-state index in [1.54, 1.807) is 4.68 Å². The van der Waals surface area contributed by atoms with E-state index in [0.717, 1.165) is 30.6 Å². The van der Waals surface area contributed by atoms with Crippen molar-refractivity contribution in [3.8, 4) is 5.69 Å². The Morgan fingerprint density at radius 2 is 2.03 bits per heavy atom. The van der Waals surface area contributed by atoms with Crippen LogP contribution in [-0.4, -0.2) is 62.0 Å². The fourth-order valence-corrected chi connectivity index (χ4v) is 3.95. The summed E-state index contributed by atoms with van der Waals surface area (Å²) in [4.78, 5) is 25.9. The largest absolute Gasteiger partial charge is 0.480 e. The second-order valence-corrected chi connectivity index (χ2v) is 8.34. The van der Waals surface area contributed by atoms with E-state index in [4.69, 9.17) is 5.11 Å². The maximum atomic E-state index is 12.7. The van der Waals surface area contributed by atoms with Crippen LogP contribution in [0, 0.1) is 19.8 Å². The number of aryl methyl sites for hydroxylation is 1. The molecule has 2 aromatic rings. The summed E-state index contributed by atoms with van der Waals surface area (Å²) in [5, 5.41) is 20.4. The normalized spacial score (nSPS) is 21.1. The van der Waals surface area contributed by atoms with Crippen LogP contribution in [0.4, 0.5) is 0 Å². The lowest BCUT2D eigenvalue weighted by atomic mass is 9.85. The van der Waals surface area contributed by atoms with E-state index in [1.165, 1.54) is 12.8 Å². The number of amides is 1. The minimum Gasteiger partial charge on any atom is -0.480 e. The number of benzene rings is 1. The molecule has 8 heteroatoms. The molecular formula is C21H27N5O3. The first kappa shape index (κ1) is 19.6. The summed E-state index contributed by atoms with van der Waals surface area (Å²) in [6, 6.07) is 8.16. The number of nitrogens with one attached hydrogen (secondary N) is 1. The van der Waals surface area contributed by atoms with E-state index in [0.29, 0.717) is 17.3 Å². The molecule has 2 aliphatic carbocycles. The van der Waals surface area contributed by atoms with Crippen molar-refractivity contribution in [2.24, 2.45) is 5.92 Å². The number of nitrogens with zero attached hydrogens (tertiary/aromatic N) is 4. The third-order valence-corrected chi connectivity index (χ3v) is 5.85. The third kappa shape index (κ3) is 4.48. The van der Waals surface area contributed by atoms with Crippen LogP contribution < -0.4 is 5.32 Å². The first-order chi connectivity index (χ1) is 13.9. The monoisotopic (exact) mass is 397 g/mol. The molecule has 154 valence electrons. The van der Waals surface area contributed by atoms with Crippen LogP contribution in [0.3, 0.4) is 0 Å². The zero-order valence-corrected chi connectivity index (χ0v) is 16.8. The maximum Gasteiger partial charge on any atom is 0.317 e. The Hall–Kier alpha value is -2.74. The number of hydrogen-bond acceptors (Lipinski definition) is 5. The number of carbonyl (C=O) groups excluding carboxylic acids is 1. The van der Waals surface area contributed by atoms with E-state index in [1.807, 2.05) is 38.1 Å². The van der Waals surface area contributed by atoms with Crippen LogP contribution in [0.15, 0.2) is 24.3 Å². The van der Waals surface area contributed by atoms with Crippen LogP contribution in [0.2, 0.25) is 0 Å². The van der Waals surface area contributed by atoms with Crippen molar-refractivity contribution in [2.75, 3.05) is 13.1 Å². The highest BCUT2D eigenvalue weighted by Gasteiger charge is 2.38. The molecule has 0 bridgehead atoms. The second kappa shape index (κ2) is 7.94.